The number of halogens is 5. The molecule has 0 aliphatic heterocycles. The van der Waals surface area contributed by atoms with E-state index in [1.807, 2.05) is 0 Å². The fourth-order valence-electron chi connectivity index (χ4n) is 1.26. The smallest absolute Gasteiger partial charge is 0.358 e. The van der Waals surface area contributed by atoms with E-state index >= 15 is 0 Å². The first kappa shape index (κ1) is 13.4. The van der Waals surface area contributed by atoms with E-state index in [4.69, 9.17) is 0 Å². The molecule has 0 atom stereocenters. The van der Waals surface area contributed by atoms with Crippen molar-refractivity contribution in [1.82, 2.24) is 14.8 Å². The van der Waals surface area contributed by atoms with Crippen LogP contribution in [-0.2, 0) is 0 Å². The molecule has 0 spiro atoms. The molecule has 2 aromatic rings. The SMILES string of the molecule is O=[N+]([O-])c1nn(-c2c(F)c(F)nc(F)c2F)cc1Br. The number of aromatic nitrogens is 3. The first-order chi connectivity index (χ1) is 8.82. The Morgan fingerprint density at radius 2 is 1.74 bits per heavy atom. The van der Waals surface area contributed by atoms with Gasteiger partial charge in [0.05, 0.1) is 11.3 Å². The summed E-state index contributed by atoms with van der Waals surface area (Å²) in [5.74, 6) is -8.17. The molecule has 6 nitrogen and oxygen atoms in total. The van der Waals surface area contributed by atoms with Gasteiger partial charge in [0.15, 0.2) is 5.69 Å². The van der Waals surface area contributed by atoms with Crippen molar-refractivity contribution in [3.8, 4) is 5.69 Å². The molecule has 0 saturated carbocycles. The molecule has 2 rings (SSSR count). The predicted molar refractivity (Wildman–Crippen MR) is 55.5 cm³/mol. The Bertz CT molecular complexity index is 664. The molecule has 100 valence electrons. The van der Waals surface area contributed by atoms with Crippen LogP contribution in [0.2, 0.25) is 0 Å². The summed E-state index contributed by atoms with van der Waals surface area (Å²) in [4.78, 5) is 11.9. The van der Waals surface area contributed by atoms with E-state index in [1.54, 1.807) is 0 Å². The topological polar surface area (TPSA) is 73.8 Å². The van der Waals surface area contributed by atoms with Crippen molar-refractivity contribution in [2.45, 2.75) is 0 Å². The van der Waals surface area contributed by atoms with Crippen LogP contribution in [0.25, 0.3) is 5.69 Å². The van der Waals surface area contributed by atoms with Crippen LogP contribution >= 0.6 is 15.9 Å². The third-order valence-electron chi connectivity index (χ3n) is 2.03. The van der Waals surface area contributed by atoms with Gasteiger partial charge >= 0.3 is 5.82 Å². The summed E-state index contributed by atoms with van der Waals surface area (Å²) in [6.07, 6.45) is 0.790. The van der Waals surface area contributed by atoms with Gasteiger partial charge in [-0.05, 0) is 20.9 Å². The van der Waals surface area contributed by atoms with Gasteiger partial charge in [0.1, 0.15) is 4.47 Å². The molecule has 19 heavy (non-hydrogen) atoms. The summed E-state index contributed by atoms with van der Waals surface area (Å²) in [5.41, 5.74) is -1.24. The minimum Gasteiger partial charge on any atom is -0.358 e. The summed E-state index contributed by atoms with van der Waals surface area (Å²) >= 11 is 2.73. The maximum atomic E-state index is 13.4. The lowest BCUT2D eigenvalue weighted by molar-refractivity contribution is -0.390. The van der Waals surface area contributed by atoms with Crippen molar-refractivity contribution >= 4 is 21.7 Å². The highest BCUT2D eigenvalue weighted by Gasteiger charge is 2.28. The summed E-state index contributed by atoms with van der Waals surface area (Å²) in [6, 6.07) is 0. The number of nitro groups is 1. The summed E-state index contributed by atoms with van der Waals surface area (Å²) in [5, 5.41) is 13.7. The van der Waals surface area contributed by atoms with Gasteiger partial charge in [-0.3, -0.25) is 0 Å². The average Bonchev–Trinajstić information content (AvgIpc) is 2.69. The van der Waals surface area contributed by atoms with Crippen LogP contribution in [0.1, 0.15) is 0 Å². The van der Waals surface area contributed by atoms with Gasteiger partial charge in [-0.15, -0.1) is 4.68 Å². The molecule has 0 N–H and O–H groups in total. The van der Waals surface area contributed by atoms with Crippen LogP contribution in [0.15, 0.2) is 10.7 Å². The Morgan fingerprint density at radius 1 is 1.21 bits per heavy atom. The Kier molecular flexibility index (Phi) is 3.22. The van der Waals surface area contributed by atoms with E-state index in [9.17, 15) is 27.7 Å². The fourth-order valence-corrected chi connectivity index (χ4v) is 1.68. The second kappa shape index (κ2) is 4.57. The Hall–Kier alpha value is -2.04. The standard InChI is InChI=1S/C8HBrF4N4O2/c9-2-1-16(15-8(2)17(18)19)5-3(10)6(12)14-7(13)4(5)11/h1H. The molecule has 0 aliphatic carbocycles. The molecular formula is C8HBrF4N4O2. The number of hydrogen-bond acceptors (Lipinski definition) is 4. The van der Waals surface area contributed by atoms with Crippen LogP contribution in [0, 0.1) is 33.6 Å². The maximum Gasteiger partial charge on any atom is 0.404 e. The van der Waals surface area contributed by atoms with Crippen molar-refractivity contribution in [3.63, 3.8) is 0 Å². The highest BCUT2D eigenvalue weighted by molar-refractivity contribution is 9.10. The van der Waals surface area contributed by atoms with Crippen LogP contribution < -0.4 is 0 Å². The molecule has 0 aliphatic rings. The zero-order valence-electron chi connectivity index (χ0n) is 8.57. The maximum absolute atomic E-state index is 13.4. The highest BCUT2D eigenvalue weighted by atomic mass is 79.9. The molecule has 0 unspecified atom stereocenters. The van der Waals surface area contributed by atoms with Gasteiger partial charge in [0, 0.05) is 0 Å². The van der Waals surface area contributed by atoms with Gasteiger partial charge in [-0.2, -0.15) is 22.5 Å². The lowest BCUT2D eigenvalue weighted by Crippen LogP contribution is -2.09. The Balaban J connectivity index is 2.72. The van der Waals surface area contributed by atoms with Gasteiger partial charge in [0.25, 0.3) is 11.9 Å². The van der Waals surface area contributed by atoms with Crippen molar-refractivity contribution in [1.29, 1.82) is 0 Å². The average molecular weight is 341 g/mol. The van der Waals surface area contributed by atoms with Crippen molar-refractivity contribution < 1.29 is 22.5 Å². The quantitative estimate of drug-likeness (QED) is 0.364. The van der Waals surface area contributed by atoms with Crippen LogP contribution in [0.4, 0.5) is 23.4 Å². The summed E-state index contributed by atoms with van der Waals surface area (Å²) in [6.45, 7) is 0. The van der Waals surface area contributed by atoms with Crippen molar-refractivity contribution in [2.24, 2.45) is 0 Å². The van der Waals surface area contributed by atoms with Gasteiger partial charge in [0.2, 0.25) is 11.6 Å². The predicted octanol–water partition coefficient (Wildman–Crippen LogP) is 2.49. The number of rotatable bonds is 2. The number of pyridine rings is 1. The fraction of sp³-hybridized carbons (Fsp3) is 0. The molecule has 2 heterocycles. The Labute approximate surface area is 109 Å². The molecule has 0 amide bonds. The van der Waals surface area contributed by atoms with E-state index in [0.29, 0.717) is 4.68 Å². The van der Waals surface area contributed by atoms with Gasteiger partial charge < -0.3 is 10.1 Å². The second-order valence-corrected chi connectivity index (χ2v) is 4.03. The van der Waals surface area contributed by atoms with Crippen LogP contribution in [0.5, 0.6) is 0 Å². The lowest BCUT2D eigenvalue weighted by Gasteiger charge is -2.02. The van der Waals surface area contributed by atoms with E-state index in [2.05, 4.69) is 26.0 Å². The zero-order chi connectivity index (χ0) is 14.3. The first-order valence-electron chi connectivity index (χ1n) is 4.42. The Morgan fingerprint density at radius 3 is 2.16 bits per heavy atom. The van der Waals surface area contributed by atoms with Crippen LogP contribution in [0.3, 0.4) is 0 Å². The minimum absolute atomic E-state index is 0.214. The molecular weight excluding hydrogens is 340 g/mol. The van der Waals surface area contributed by atoms with E-state index in [0.717, 1.165) is 6.20 Å². The highest BCUT2D eigenvalue weighted by Crippen LogP contribution is 2.27. The summed E-state index contributed by atoms with van der Waals surface area (Å²) in [7, 11) is 0. The van der Waals surface area contributed by atoms with E-state index in [-0.39, 0.29) is 4.47 Å². The normalized spacial score (nSPS) is 10.8. The number of nitrogens with zero attached hydrogens (tertiary/aromatic N) is 4. The number of hydrogen-bond donors (Lipinski definition) is 0. The van der Waals surface area contributed by atoms with Crippen LogP contribution in [-0.4, -0.2) is 19.7 Å². The molecule has 2 aromatic heterocycles. The van der Waals surface area contributed by atoms with Gasteiger partial charge in [-0.1, -0.05) is 0 Å². The second-order valence-electron chi connectivity index (χ2n) is 3.17. The molecule has 0 aromatic carbocycles. The first-order valence-corrected chi connectivity index (χ1v) is 5.22. The molecule has 0 fully saturated rings. The van der Waals surface area contributed by atoms with E-state index in [1.165, 1.54) is 0 Å². The molecule has 0 bridgehead atoms. The zero-order valence-corrected chi connectivity index (χ0v) is 10.2. The summed E-state index contributed by atoms with van der Waals surface area (Å²) < 4.78 is 52.6. The van der Waals surface area contributed by atoms with Crippen molar-refractivity contribution in [2.75, 3.05) is 0 Å². The monoisotopic (exact) mass is 340 g/mol. The van der Waals surface area contributed by atoms with Crippen molar-refractivity contribution in [3.05, 3.63) is 44.3 Å². The lowest BCUT2D eigenvalue weighted by atomic mass is 10.3. The molecule has 0 radical (unpaired) electrons. The minimum atomic E-state index is -1.89. The third kappa shape index (κ3) is 2.16. The third-order valence-corrected chi connectivity index (χ3v) is 2.59. The molecule has 0 saturated heterocycles. The van der Waals surface area contributed by atoms with Gasteiger partial charge in [-0.25, -0.2) is 0 Å². The largest absolute Gasteiger partial charge is 0.404 e. The van der Waals surface area contributed by atoms with E-state index < -0.39 is 40.0 Å². The molecule has 11 heteroatoms.